The van der Waals surface area contributed by atoms with Gasteiger partial charge in [0.05, 0.1) is 25.0 Å². The minimum atomic E-state index is -0.121. The van der Waals surface area contributed by atoms with E-state index in [1.807, 2.05) is 0 Å². The summed E-state index contributed by atoms with van der Waals surface area (Å²) in [6.07, 6.45) is 3.94. The third-order valence-electron chi connectivity index (χ3n) is 3.79. The van der Waals surface area contributed by atoms with Crippen molar-refractivity contribution in [3.63, 3.8) is 0 Å². The Hall–Kier alpha value is -1.86. The summed E-state index contributed by atoms with van der Waals surface area (Å²) in [5.41, 5.74) is 0.501. The van der Waals surface area contributed by atoms with Crippen LogP contribution in [0.5, 0.6) is 0 Å². The predicted octanol–water partition coefficient (Wildman–Crippen LogP) is 1.01. The third-order valence-corrected chi connectivity index (χ3v) is 3.79. The standard InChI is InChI=1S/C16H24N2O5/c1-21-9-2-5-18(16(20)14-4-10-23-13-14)6-3-15(19)17-7-11-22-12-8-17/h4,10,13H,2-3,5-9,11-12H2,1H3. The van der Waals surface area contributed by atoms with Crippen molar-refractivity contribution in [1.29, 1.82) is 0 Å². The highest BCUT2D eigenvalue weighted by Crippen LogP contribution is 2.09. The second-order valence-corrected chi connectivity index (χ2v) is 5.39. The molecular formula is C16H24N2O5. The SMILES string of the molecule is COCCCN(CCC(=O)N1CCOCC1)C(=O)c1ccoc1. The number of carbonyl (C=O) groups excluding carboxylic acids is 2. The van der Waals surface area contributed by atoms with Gasteiger partial charge in [0.15, 0.2) is 0 Å². The first-order valence-corrected chi connectivity index (χ1v) is 7.88. The summed E-state index contributed by atoms with van der Waals surface area (Å²) in [4.78, 5) is 28.2. The number of amides is 2. The number of carbonyl (C=O) groups is 2. The van der Waals surface area contributed by atoms with Crippen molar-refractivity contribution in [2.24, 2.45) is 0 Å². The van der Waals surface area contributed by atoms with Crippen LogP contribution in [0.1, 0.15) is 23.2 Å². The van der Waals surface area contributed by atoms with E-state index in [0.717, 1.165) is 6.42 Å². The van der Waals surface area contributed by atoms with Crippen molar-refractivity contribution in [1.82, 2.24) is 9.80 Å². The van der Waals surface area contributed by atoms with Crippen molar-refractivity contribution in [2.75, 3.05) is 53.1 Å². The van der Waals surface area contributed by atoms with Crippen LogP contribution in [-0.2, 0) is 14.3 Å². The maximum atomic E-state index is 12.5. The number of hydrogen-bond donors (Lipinski definition) is 0. The van der Waals surface area contributed by atoms with Gasteiger partial charge in [-0.3, -0.25) is 9.59 Å². The minimum Gasteiger partial charge on any atom is -0.472 e. The Bertz CT molecular complexity index is 483. The van der Waals surface area contributed by atoms with Gasteiger partial charge in [0.2, 0.25) is 5.91 Å². The molecule has 0 bridgehead atoms. The number of morpholine rings is 1. The molecule has 128 valence electrons. The van der Waals surface area contributed by atoms with E-state index >= 15 is 0 Å². The summed E-state index contributed by atoms with van der Waals surface area (Å²) in [6.45, 7) is 3.93. The van der Waals surface area contributed by atoms with Crippen molar-refractivity contribution >= 4 is 11.8 Å². The van der Waals surface area contributed by atoms with E-state index < -0.39 is 0 Å². The van der Waals surface area contributed by atoms with Crippen molar-refractivity contribution in [3.05, 3.63) is 24.2 Å². The van der Waals surface area contributed by atoms with Gasteiger partial charge in [0, 0.05) is 46.3 Å². The molecule has 0 N–H and O–H groups in total. The Morgan fingerprint density at radius 1 is 1.30 bits per heavy atom. The zero-order valence-electron chi connectivity index (χ0n) is 13.5. The van der Waals surface area contributed by atoms with Crippen LogP contribution < -0.4 is 0 Å². The monoisotopic (exact) mass is 324 g/mol. The molecule has 0 spiro atoms. The van der Waals surface area contributed by atoms with Gasteiger partial charge in [-0.2, -0.15) is 0 Å². The normalized spacial score (nSPS) is 14.7. The van der Waals surface area contributed by atoms with Crippen LogP contribution in [0.25, 0.3) is 0 Å². The maximum absolute atomic E-state index is 12.5. The van der Waals surface area contributed by atoms with Gasteiger partial charge in [-0.15, -0.1) is 0 Å². The van der Waals surface area contributed by atoms with Gasteiger partial charge in [0.1, 0.15) is 6.26 Å². The first-order valence-electron chi connectivity index (χ1n) is 7.88. The van der Waals surface area contributed by atoms with Gasteiger partial charge in [-0.1, -0.05) is 0 Å². The highest BCUT2D eigenvalue weighted by atomic mass is 16.5. The third kappa shape index (κ3) is 5.37. The van der Waals surface area contributed by atoms with Crippen LogP contribution in [0.15, 0.2) is 23.0 Å². The molecule has 1 aromatic heterocycles. The number of nitrogens with zero attached hydrogens (tertiary/aromatic N) is 2. The molecule has 7 nitrogen and oxygen atoms in total. The molecular weight excluding hydrogens is 300 g/mol. The fourth-order valence-electron chi connectivity index (χ4n) is 2.48. The molecule has 0 aliphatic carbocycles. The van der Waals surface area contributed by atoms with Crippen LogP contribution in [-0.4, -0.2) is 74.7 Å². The Balaban J connectivity index is 1.88. The van der Waals surface area contributed by atoms with E-state index in [1.54, 1.807) is 23.0 Å². The molecule has 23 heavy (non-hydrogen) atoms. The van der Waals surface area contributed by atoms with Crippen molar-refractivity contribution < 1.29 is 23.5 Å². The quantitative estimate of drug-likeness (QED) is 0.667. The number of furan rings is 1. The topological polar surface area (TPSA) is 72.2 Å². The Morgan fingerprint density at radius 3 is 2.74 bits per heavy atom. The molecule has 1 fully saturated rings. The van der Waals surface area contributed by atoms with E-state index in [2.05, 4.69) is 0 Å². The fourth-order valence-corrected chi connectivity index (χ4v) is 2.48. The molecule has 1 aromatic rings. The summed E-state index contributed by atoms with van der Waals surface area (Å²) in [7, 11) is 1.63. The van der Waals surface area contributed by atoms with E-state index in [-0.39, 0.29) is 11.8 Å². The number of methoxy groups -OCH3 is 1. The highest BCUT2D eigenvalue weighted by molar-refractivity contribution is 5.94. The van der Waals surface area contributed by atoms with E-state index in [4.69, 9.17) is 13.9 Å². The van der Waals surface area contributed by atoms with Crippen molar-refractivity contribution in [3.8, 4) is 0 Å². The van der Waals surface area contributed by atoms with Crippen LogP contribution >= 0.6 is 0 Å². The average molecular weight is 324 g/mol. The Kier molecular flexibility index (Phi) is 7.09. The van der Waals surface area contributed by atoms with Crippen LogP contribution in [0, 0.1) is 0 Å². The zero-order chi connectivity index (χ0) is 16.5. The average Bonchev–Trinajstić information content (AvgIpc) is 3.12. The van der Waals surface area contributed by atoms with Gasteiger partial charge >= 0.3 is 0 Å². The molecule has 2 rings (SSSR count). The summed E-state index contributed by atoms with van der Waals surface area (Å²) < 4.78 is 15.3. The molecule has 0 unspecified atom stereocenters. The van der Waals surface area contributed by atoms with Gasteiger partial charge in [0.25, 0.3) is 5.91 Å². The summed E-state index contributed by atoms with van der Waals surface area (Å²) in [5.74, 6) is -0.0605. The summed E-state index contributed by atoms with van der Waals surface area (Å²) in [5, 5.41) is 0. The molecule has 0 atom stereocenters. The summed E-state index contributed by atoms with van der Waals surface area (Å²) >= 11 is 0. The first kappa shape index (κ1) is 17.5. The molecule has 7 heteroatoms. The van der Waals surface area contributed by atoms with Gasteiger partial charge < -0.3 is 23.7 Å². The predicted molar refractivity (Wildman–Crippen MR) is 83.1 cm³/mol. The number of hydrogen-bond acceptors (Lipinski definition) is 5. The van der Waals surface area contributed by atoms with Gasteiger partial charge in [-0.25, -0.2) is 0 Å². The van der Waals surface area contributed by atoms with Gasteiger partial charge in [-0.05, 0) is 12.5 Å². The van der Waals surface area contributed by atoms with Crippen LogP contribution in [0.3, 0.4) is 0 Å². The lowest BCUT2D eigenvalue weighted by atomic mass is 10.2. The molecule has 0 saturated carbocycles. The minimum absolute atomic E-state index is 0.0602. The molecule has 1 aliphatic heterocycles. The van der Waals surface area contributed by atoms with Crippen LogP contribution in [0.4, 0.5) is 0 Å². The number of ether oxygens (including phenoxy) is 2. The molecule has 1 aliphatic rings. The highest BCUT2D eigenvalue weighted by Gasteiger charge is 2.21. The van der Waals surface area contributed by atoms with E-state index in [9.17, 15) is 9.59 Å². The smallest absolute Gasteiger partial charge is 0.257 e. The molecule has 2 amide bonds. The fraction of sp³-hybridized carbons (Fsp3) is 0.625. The Morgan fingerprint density at radius 2 is 2.09 bits per heavy atom. The number of rotatable bonds is 8. The molecule has 1 saturated heterocycles. The summed E-state index contributed by atoms with van der Waals surface area (Å²) in [6, 6.07) is 1.63. The Labute approximate surface area is 136 Å². The largest absolute Gasteiger partial charge is 0.472 e. The molecule has 0 aromatic carbocycles. The zero-order valence-corrected chi connectivity index (χ0v) is 13.5. The van der Waals surface area contributed by atoms with Crippen molar-refractivity contribution in [2.45, 2.75) is 12.8 Å². The lowest BCUT2D eigenvalue weighted by molar-refractivity contribution is -0.135. The second kappa shape index (κ2) is 9.32. The second-order valence-electron chi connectivity index (χ2n) is 5.39. The van der Waals surface area contributed by atoms with E-state index in [1.165, 1.54) is 12.5 Å². The van der Waals surface area contributed by atoms with Crippen LogP contribution in [0.2, 0.25) is 0 Å². The molecule has 2 heterocycles. The lowest BCUT2D eigenvalue weighted by Crippen LogP contribution is -2.42. The lowest BCUT2D eigenvalue weighted by Gasteiger charge is -2.28. The molecule has 0 radical (unpaired) electrons. The van der Waals surface area contributed by atoms with E-state index in [0.29, 0.717) is 58.0 Å². The first-order chi connectivity index (χ1) is 11.2. The maximum Gasteiger partial charge on any atom is 0.257 e.